The van der Waals surface area contributed by atoms with Crippen LogP contribution in [0.25, 0.3) is 0 Å². The predicted octanol–water partition coefficient (Wildman–Crippen LogP) is 3.62. The van der Waals surface area contributed by atoms with E-state index in [2.05, 4.69) is 18.7 Å². The van der Waals surface area contributed by atoms with Crippen molar-refractivity contribution in [2.24, 2.45) is 0 Å². The molecule has 0 N–H and O–H groups in total. The van der Waals surface area contributed by atoms with Crippen LogP contribution in [0.4, 0.5) is 0 Å². The summed E-state index contributed by atoms with van der Waals surface area (Å²) in [4.78, 5) is 17.8. The number of halogens is 1. The van der Waals surface area contributed by atoms with Gasteiger partial charge in [0, 0.05) is 50.9 Å². The molecule has 3 aliphatic rings. The van der Waals surface area contributed by atoms with Gasteiger partial charge in [-0.2, -0.15) is 4.31 Å². The molecular formula is C24H36ClN3O4S. The Morgan fingerprint density at radius 3 is 2.36 bits per heavy atom. The van der Waals surface area contributed by atoms with Gasteiger partial charge >= 0.3 is 0 Å². The van der Waals surface area contributed by atoms with Crippen LogP contribution in [0.2, 0.25) is 5.02 Å². The van der Waals surface area contributed by atoms with Crippen molar-refractivity contribution in [2.45, 2.75) is 75.5 Å². The van der Waals surface area contributed by atoms with E-state index in [1.54, 1.807) is 12.1 Å². The average molecular weight is 498 g/mol. The van der Waals surface area contributed by atoms with Crippen LogP contribution < -0.4 is 0 Å². The first-order valence-corrected chi connectivity index (χ1v) is 14.1. The number of nitrogens with zero attached hydrogens (tertiary/aromatic N) is 3. The van der Waals surface area contributed by atoms with Crippen molar-refractivity contribution in [1.29, 1.82) is 0 Å². The molecule has 9 heteroatoms. The maximum Gasteiger partial charge on any atom is 0.254 e. The average Bonchev–Trinajstić information content (AvgIpc) is 3.03. The number of hydrogen-bond acceptors (Lipinski definition) is 5. The first-order valence-electron chi connectivity index (χ1n) is 12.2. The van der Waals surface area contributed by atoms with Gasteiger partial charge in [0.2, 0.25) is 10.0 Å². The van der Waals surface area contributed by atoms with E-state index < -0.39 is 10.0 Å². The first-order chi connectivity index (χ1) is 15.8. The lowest BCUT2D eigenvalue weighted by Gasteiger charge is -2.38. The summed E-state index contributed by atoms with van der Waals surface area (Å²) in [7, 11) is -3.74. The molecule has 3 atom stereocenters. The van der Waals surface area contributed by atoms with Gasteiger partial charge in [0.15, 0.2) is 0 Å². The summed E-state index contributed by atoms with van der Waals surface area (Å²) in [5.74, 6) is -0.115. The molecule has 4 rings (SSSR count). The van der Waals surface area contributed by atoms with E-state index in [0.717, 1.165) is 58.2 Å². The molecule has 33 heavy (non-hydrogen) atoms. The Kier molecular flexibility index (Phi) is 8.01. The van der Waals surface area contributed by atoms with Gasteiger partial charge in [0.25, 0.3) is 5.91 Å². The van der Waals surface area contributed by atoms with Crippen molar-refractivity contribution in [3.8, 4) is 0 Å². The maximum absolute atomic E-state index is 13.5. The molecule has 0 saturated carbocycles. The molecule has 0 spiro atoms. The zero-order chi connectivity index (χ0) is 23.6. The number of ether oxygens (including phenoxy) is 1. The van der Waals surface area contributed by atoms with Crippen molar-refractivity contribution < 1.29 is 17.9 Å². The lowest BCUT2D eigenvalue weighted by atomic mass is 10.1. The molecule has 3 saturated heterocycles. The molecule has 3 aliphatic heterocycles. The number of amides is 1. The van der Waals surface area contributed by atoms with Crippen LogP contribution in [0.1, 0.15) is 62.7 Å². The Morgan fingerprint density at radius 2 is 1.70 bits per heavy atom. The van der Waals surface area contributed by atoms with Gasteiger partial charge in [-0.1, -0.05) is 24.4 Å². The zero-order valence-electron chi connectivity index (χ0n) is 19.7. The van der Waals surface area contributed by atoms with E-state index >= 15 is 0 Å². The number of rotatable bonds is 5. The minimum atomic E-state index is -3.74. The largest absolute Gasteiger partial charge is 0.373 e. The fourth-order valence-electron chi connectivity index (χ4n) is 5.45. The van der Waals surface area contributed by atoms with Crippen molar-refractivity contribution in [3.63, 3.8) is 0 Å². The van der Waals surface area contributed by atoms with Crippen LogP contribution in [-0.2, 0) is 14.8 Å². The molecule has 1 aromatic rings. The molecule has 0 radical (unpaired) electrons. The second-order valence-electron chi connectivity index (χ2n) is 9.73. The van der Waals surface area contributed by atoms with Gasteiger partial charge in [-0.25, -0.2) is 8.42 Å². The number of benzene rings is 1. The second-order valence-corrected chi connectivity index (χ2v) is 12.0. The topological polar surface area (TPSA) is 70.2 Å². The lowest BCUT2D eigenvalue weighted by Crippen LogP contribution is -2.50. The van der Waals surface area contributed by atoms with Crippen molar-refractivity contribution >= 4 is 27.5 Å². The lowest BCUT2D eigenvalue weighted by molar-refractivity contribution is -0.0715. The van der Waals surface area contributed by atoms with E-state index in [0.29, 0.717) is 25.2 Å². The fraction of sp³-hybridized carbons (Fsp3) is 0.708. The molecule has 3 heterocycles. The Balaban J connectivity index is 1.52. The molecule has 0 unspecified atom stereocenters. The minimum absolute atomic E-state index is 0.0449. The SMILES string of the molecule is C[C@@H]1CN(C[C@H]2CCCN2C(=O)c2ccc(Cl)c(S(=O)(=O)N3CCCCCC3)c2)C[C@H](C)O1. The van der Waals surface area contributed by atoms with Crippen LogP contribution in [-0.4, -0.2) is 85.9 Å². The fourth-order valence-corrected chi connectivity index (χ4v) is 7.46. The van der Waals surface area contributed by atoms with Crippen LogP contribution >= 0.6 is 11.6 Å². The summed E-state index contributed by atoms with van der Waals surface area (Å²) in [6, 6.07) is 4.81. The standard InChI is InChI=1S/C24H36ClN3O4S/c1-18-15-26(16-19(2)32-18)17-21-8-7-13-28(21)24(29)20-9-10-22(25)23(14-20)33(30,31)27-11-5-3-4-6-12-27/h9-10,14,18-19,21H,3-8,11-13,15-17H2,1-2H3/t18-,19+,21-/m1/s1. The number of likely N-dealkylation sites (tertiary alicyclic amines) is 1. The molecule has 1 amide bonds. The second kappa shape index (κ2) is 10.6. The normalized spacial score (nSPS) is 28.1. The Labute approximate surface area is 203 Å². The van der Waals surface area contributed by atoms with Gasteiger partial charge in [0.1, 0.15) is 4.90 Å². The molecule has 1 aromatic carbocycles. The van der Waals surface area contributed by atoms with Gasteiger partial charge in [-0.15, -0.1) is 0 Å². The third-order valence-electron chi connectivity index (χ3n) is 6.96. The molecule has 0 aliphatic carbocycles. The van der Waals surface area contributed by atoms with E-state index in [-0.39, 0.29) is 34.1 Å². The van der Waals surface area contributed by atoms with E-state index in [1.807, 2.05) is 4.90 Å². The number of morpholine rings is 1. The highest BCUT2D eigenvalue weighted by molar-refractivity contribution is 7.89. The monoisotopic (exact) mass is 497 g/mol. The molecule has 3 fully saturated rings. The van der Waals surface area contributed by atoms with Crippen LogP contribution in [0, 0.1) is 0 Å². The molecule has 184 valence electrons. The summed E-state index contributed by atoms with van der Waals surface area (Å²) < 4.78 is 34.1. The van der Waals surface area contributed by atoms with Gasteiger partial charge in [0.05, 0.1) is 17.2 Å². The van der Waals surface area contributed by atoms with Gasteiger partial charge in [-0.3, -0.25) is 9.69 Å². The number of hydrogen-bond donors (Lipinski definition) is 0. The predicted molar refractivity (Wildman–Crippen MR) is 129 cm³/mol. The highest BCUT2D eigenvalue weighted by Gasteiger charge is 2.34. The van der Waals surface area contributed by atoms with Crippen LogP contribution in [0.15, 0.2) is 23.1 Å². The number of sulfonamides is 1. The summed E-state index contributed by atoms with van der Waals surface area (Å²) in [6.45, 7) is 8.40. The summed E-state index contributed by atoms with van der Waals surface area (Å²) >= 11 is 6.34. The quantitative estimate of drug-likeness (QED) is 0.621. The number of carbonyl (C=O) groups is 1. The molecule has 0 aromatic heterocycles. The summed E-state index contributed by atoms with van der Waals surface area (Å²) in [6.07, 6.45) is 6.05. The van der Waals surface area contributed by atoms with Crippen molar-refractivity contribution in [2.75, 3.05) is 39.3 Å². The Hall–Kier alpha value is -1.19. The maximum atomic E-state index is 13.5. The molecular weight excluding hydrogens is 462 g/mol. The summed E-state index contributed by atoms with van der Waals surface area (Å²) in [5, 5.41) is 0.171. The van der Waals surface area contributed by atoms with E-state index in [4.69, 9.17) is 16.3 Å². The third-order valence-corrected chi connectivity index (χ3v) is 9.34. The highest BCUT2D eigenvalue weighted by Crippen LogP contribution is 2.29. The van der Waals surface area contributed by atoms with Crippen molar-refractivity contribution in [1.82, 2.24) is 14.1 Å². The van der Waals surface area contributed by atoms with Gasteiger partial charge in [-0.05, 0) is 57.7 Å². The van der Waals surface area contributed by atoms with Crippen LogP contribution in [0.5, 0.6) is 0 Å². The smallest absolute Gasteiger partial charge is 0.254 e. The Morgan fingerprint density at radius 1 is 1.03 bits per heavy atom. The van der Waals surface area contributed by atoms with Gasteiger partial charge < -0.3 is 9.64 Å². The minimum Gasteiger partial charge on any atom is -0.373 e. The van der Waals surface area contributed by atoms with E-state index in [1.165, 1.54) is 10.4 Å². The highest BCUT2D eigenvalue weighted by atomic mass is 35.5. The van der Waals surface area contributed by atoms with Crippen molar-refractivity contribution in [3.05, 3.63) is 28.8 Å². The van der Waals surface area contributed by atoms with E-state index in [9.17, 15) is 13.2 Å². The Bertz CT molecular complexity index is 939. The zero-order valence-corrected chi connectivity index (χ0v) is 21.3. The molecule has 7 nitrogen and oxygen atoms in total. The van der Waals surface area contributed by atoms with Crippen LogP contribution in [0.3, 0.4) is 0 Å². The molecule has 0 bridgehead atoms. The summed E-state index contributed by atoms with van der Waals surface area (Å²) in [5.41, 5.74) is 0.392. The third kappa shape index (κ3) is 5.73. The number of carbonyl (C=O) groups excluding carboxylic acids is 1. The first kappa shape index (κ1) is 24.9.